The first-order valence-electron chi connectivity index (χ1n) is 5.61. The van der Waals surface area contributed by atoms with Crippen molar-refractivity contribution in [2.45, 2.75) is 51.2 Å². The summed E-state index contributed by atoms with van der Waals surface area (Å²) in [4.78, 5) is 10.6. The topological polar surface area (TPSA) is 69.6 Å². The van der Waals surface area contributed by atoms with Crippen molar-refractivity contribution in [3.05, 3.63) is 0 Å². The summed E-state index contributed by atoms with van der Waals surface area (Å²) in [7, 11) is 0. The lowest BCUT2D eigenvalue weighted by Gasteiger charge is -2.35. The van der Waals surface area contributed by atoms with E-state index in [2.05, 4.69) is 12.2 Å². The Bertz CT molecular complexity index is 222. The van der Waals surface area contributed by atoms with Crippen LogP contribution < -0.4 is 5.32 Å². The van der Waals surface area contributed by atoms with Gasteiger partial charge in [-0.3, -0.25) is 4.79 Å². The summed E-state index contributed by atoms with van der Waals surface area (Å²) in [5, 5.41) is 21.7. The molecule has 1 rings (SSSR count). The number of aliphatic carboxylic acids is 1. The van der Waals surface area contributed by atoms with Gasteiger partial charge in [0.1, 0.15) is 6.04 Å². The van der Waals surface area contributed by atoms with Gasteiger partial charge in [0.05, 0.1) is 5.60 Å². The molecular weight excluding hydrogens is 194 g/mol. The predicted octanol–water partition coefficient (Wildman–Crippen LogP) is 0.990. The summed E-state index contributed by atoms with van der Waals surface area (Å²) in [5.74, 6) is -0.190. The van der Waals surface area contributed by atoms with Crippen LogP contribution in [0.1, 0.15) is 39.5 Å². The second-order valence-corrected chi connectivity index (χ2v) is 4.85. The molecule has 1 fully saturated rings. The average molecular weight is 215 g/mol. The second kappa shape index (κ2) is 4.94. The SMILES string of the molecule is CC1CCC(O)(CNC(C)C(=O)O)CC1. The third-order valence-corrected chi connectivity index (χ3v) is 3.31. The maximum atomic E-state index is 10.6. The van der Waals surface area contributed by atoms with Crippen LogP contribution in [0.4, 0.5) is 0 Å². The number of carboxylic acids is 1. The highest BCUT2D eigenvalue weighted by Crippen LogP contribution is 2.31. The Balaban J connectivity index is 2.34. The molecule has 0 aliphatic heterocycles. The summed E-state index contributed by atoms with van der Waals surface area (Å²) in [6, 6.07) is -0.589. The van der Waals surface area contributed by atoms with Gasteiger partial charge in [0.2, 0.25) is 0 Å². The summed E-state index contributed by atoms with van der Waals surface area (Å²) in [6.45, 7) is 4.16. The van der Waals surface area contributed by atoms with E-state index in [0.29, 0.717) is 12.5 Å². The van der Waals surface area contributed by atoms with Crippen LogP contribution in [0.2, 0.25) is 0 Å². The first kappa shape index (κ1) is 12.5. The molecule has 0 amide bonds. The summed E-state index contributed by atoms with van der Waals surface area (Å²) in [6.07, 6.45) is 3.60. The van der Waals surface area contributed by atoms with Crippen LogP contribution in [0.15, 0.2) is 0 Å². The van der Waals surface area contributed by atoms with Crippen molar-refractivity contribution in [3.8, 4) is 0 Å². The minimum atomic E-state index is -0.872. The summed E-state index contributed by atoms with van der Waals surface area (Å²) in [5.41, 5.74) is -0.698. The molecule has 4 nitrogen and oxygen atoms in total. The lowest BCUT2D eigenvalue weighted by atomic mass is 9.79. The standard InChI is InChI=1S/C11H21NO3/c1-8-3-5-11(15,6-4-8)7-12-9(2)10(13)14/h8-9,12,15H,3-7H2,1-2H3,(H,13,14). The third kappa shape index (κ3) is 3.80. The zero-order valence-electron chi connectivity index (χ0n) is 9.49. The van der Waals surface area contributed by atoms with E-state index in [0.717, 1.165) is 25.7 Å². The van der Waals surface area contributed by atoms with Crippen LogP contribution in [0.25, 0.3) is 0 Å². The molecule has 4 heteroatoms. The third-order valence-electron chi connectivity index (χ3n) is 3.31. The Morgan fingerprint density at radius 2 is 2.07 bits per heavy atom. The molecule has 0 aromatic rings. The van der Waals surface area contributed by atoms with Crippen molar-refractivity contribution in [2.75, 3.05) is 6.54 Å². The smallest absolute Gasteiger partial charge is 0.320 e. The Labute approximate surface area is 90.7 Å². The molecule has 1 atom stereocenters. The van der Waals surface area contributed by atoms with Crippen molar-refractivity contribution < 1.29 is 15.0 Å². The molecule has 0 bridgehead atoms. The van der Waals surface area contributed by atoms with Crippen LogP contribution in [-0.4, -0.2) is 34.4 Å². The van der Waals surface area contributed by atoms with Crippen LogP contribution in [-0.2, 0) is 4.79 Å². The van der Waals surface area contributed by atoms with Gasteiger partial charge in [-0.2, -0.15) is 0 Å². The fraction of sp³-hybridized carbons (Fsp3) is 0.909. The fourth-order valence-electron chi connectivity index (χ4n) is 1.91. The minimum Gasteiger partial charge on any atom is -0.480 e. The van der Waals surface area contributed by atoms with Gasteiger partial charge < -0.3 is 15.5 Å². The molecule has 0 radical (unpaired) electrons. The highest BCUT2D eigenvalue weighted by molar-refractivity contribution is 5.72. The lowest BCUT2D eigenvalue weighted by Crippen LogP contribution is -2.47. The Morgan fingerprint density at radius 1 is 1.53 bits per heavy atom. The van der Waals surface area contributed by atoms with Gasteiger partial charge in [-0.05, 0) is 38.5 Å². The number of carboxylic acid groups (broad SMARTS) is 1. The molecule has 1 aliphatic carbocycles. The minimum absolute atomic E-state index is 0.382. The van der Waals surface area contributed by atoms with E-state index in [-0.39, 0.29) is 0 Å². The Morgan fingerprint density at radius 3 is 2.53 bits per heavy atom. The number of carbonyl (C=O) groups is 1. The molecule has 0 heterocycles. The van der Waals surface area contributed by atoms with E-state index in [4.69, 9.17) is 5.11 Å². The van der Waals surface area contributed by atoms with E-state index >= 15 is 0 Å². The van der Waals surface area contributed by atoms with Gasteiger partial charge in [0, 0.05) is 6.54 Å². The van der Waals surface area contributed by atoms with Crippen LogP contribution in [0, 0.1) is 5.92 Å². The molecule has 15 heavy (non-hydrogen) atoms. The van der Waals surface area contributed by atoms with Crippen molar-refractivity contribution in [2.24, 2.45) is 5.92 Å². The summed E-state index contributed by atoms with van der Waals surface area (Å²) < 4.78 is 0. The molecule has 3 N–H and O–H groups in total. The molecule has 0 saturated heterocycles. The van der Waals surface area contributed by atoms with E-state index in [1.165, 1.54) is 0 Å². The van der Waals surface area contributed by atoms with Crippen molar-refractivity contribution in [3.63, 3.8) is 0 Å². The second-order valence-electron chi connectivity index (χ2n) is 4.85. The van der Waals surface area contributed by atoms with Crippen LogP contribution in [0.3, 0.4) is 0 Å². The zero-order chi connectivity index (χ0) is 11.5. The monoisotopic (exact) mass is 215 g/mol. The van der Waals surface area contributed by atoms with E-state index in [9.17, 15) is 9.90 Å². The molecule has 0 spiro atoms. The van der Waals surface area contributed by atoms with Crippen LogP contribution >= 0.6 is 0 Å². The van der Waals surface area contributed by atoms with Gasteiger partial charge in [-0.25, -0.2) is 0 Å². The van der Waals surface area contributed by atoms with Gasteiger partial charge in [0.15, 0.2) is 0 Å². The number of rotatable bonds is 4. The molecule has 1 unspecified atom stereocenters. The number of hydrogen-bond acceptors (Lipinski definition) is 3. The molecule has 1 aliphatic rings. The van der Waals surface area contributed by atoms with Crippen molar-refractivity contribution in [1.29, 1.82) is 0 Å². The van der Waals surface area contributed by atoms with Gasteiger partial charge in [0.25, 0.3) is 0 Å². The molecular formula is C11H21NO3. The largest absolute Gasteiger partial charge is 0.480 e. The zero-order valence-corrected chi connectivity index (χ0v) is 9.49. The number of hydrogen-bond donors (Lipinski definition) is 3. The predicted molar refractivity (Wildman–Crippen MR) is 57.7 cm³/mol. The Hall–Kier alpha value is -0.610. The number of aliphatic hydroxyl groups is 1. The van der Waals surface area contributed by atoms with Crippen molar-refractivity contribution in [1.82, 2.24) is 5.32 Å². The lowest BCUT2D eigenvalue weighted by molar-refractivity contribution is -0.139. The van der Waals surface area contributed by atoms with Gasteiger partial charge in [-0.1, -0.05) is 6.92 Å². The van der Waals surface area contributed by atoms with Gasteiger partial charge >= 0.3 is 5.97 Å². The quantitative estimate of drug-likeness (QED) is 0.654. The summed E-state index contributed by atoms with van der Waals surface area (Å²) >= 11 is 0. The maximum Gasteiger partial charge on any atom is 0.320 e. The van der Waals surface area contributed by atoms with Gasteiger partial charge in [-0.15, -0.1) is 0 Å². The normalized spacial score (nSPS) is 33.7. The first-order chi connectivity index (χ1) is 6.93. The van der Waals surface area contributed by atoms with Crippen LogP contribution in [0.5, 0.6) is 0 Å². The van der Waals surface area contributed by atoms with E-state index < -0.39 is 17.6 Å². The highest BCUT2D eigenvalue weighted by Gasteiger charge is 2.32. The van der Waals surface area contributed by atoms with Crippen molar-refractivity contribution >= 4 is 5.97 Å². The fourth-order valence-corrected chi connectivity index (χ4v) is 1.91. The first-order valence-corrected chi connectivity index (χ1v) is 5.61. The highest BCUT2D eigenvalue weighted by atomic mass is 16.4. The average Bonchev–Trinajstić information content (AvgIpc) is 2.19. The Kier molecular flexibility index (Phi) is 4.11. The molecule has 88 valence electrons. The maximum absolute atomic E-state index is 10.6. The molecule has 1 saturated carbocycles. The molecule has 0 aromatic carbocycles. The van der Waals surface area contributed by atoms with E-state index in [1.54, 1.807) is 6.92 Å². The number of nitrogens with one attached hydrogen (secondary N) is 1. The van der Waals surface area contributed by atoms with E-state index in [1.807, 2.05) is 0 Å². The molecule has 0 aromatic heterocycles.